The zero-order chi connectivity index (χ0) is 34.3. The summed E-state index contributed by atoms with van der Waals surface area (Å²) in [6.07, 6.45) is 4.11. The molecule has 5 rings (SSSR count). The summed E-state index contributed by atoms with van der Waals surface area (Å²) < 4.78 is 34.9. The molecule has 0 radical (unpaired) electrons. The first kappa shape index (κ1) is 35.0. The van der Waals surface area contributed by atoms with Gasteiger partial charge in [-0.2, -0.15) is 0 Å². The Hall–Kier alpha value is -4.34. The van der Waals surface area contributed by atoms with Crippen molar-refractivity contribution in [2.45, 2.75) is 69.5 Å². The van der Waals surface area contributed by atoms with Crippen molar-refractivity contribution in [2.75, 3.05) is 18.0 Å². The fourth-order valence-electron chi connectivity index (χ4n) is 5.99. The van der Waals surface area contributed by atoms with Gasteiger partial charge in [-0.25, -0.2) is 8.42 Å². The molecule has 1 atom stereocenters. The van der Waals surface area contributed by atoms with Gasteiger partial charge < -0.3 is 15.0 Å². The van der Waals surface area contributed by atoms with E-state index in [0.717, 1.165) is 52.2 Å². The molecule has 252 valence electrons. The SMILES string of the molecule is COc1ccc(N(CC(=O)N(Cc2ccc(C)cc2)[C@H](Cc2ccccc2)C(=O)NC2CCCC2)S(=O)(=O)c2ccc(C)cc2)cc1Cl. The molecule has 0 aliphatic heterocycles. The van der Waals surface area contributed by atoms with Crippen molar-refractivity contribution in [2.24, 2.45) is 0 Å². The summed E-state index contributed by atoms with van der Waals surface area (Å²) in [6, 6.07) is 27.5. The van der Waals surface area contributed by atoms with Crippen molar-refractivity contribution in [3.8, 4) is 5.75 Å². The van der Waals surface area contributed by atoms with Gasteiger partial charge in [0.2, 0.25) is 11.8 Å². The molecule has 1 aliphatic carbocycles. The maximum Gasteiger partial charge on any atom is 0.264 e. The molecule has 4 aromatic carbocycles. The van der Waals surface area contributed by atoms with Gasteiger partial charge in [-0.1, -0.05) is 102 Å². The van der Waals surface area contributed by atoms with Gasteiger partial charge in [0.15, 0.2) is 0 Å². The molecule has 1 saturated carbocycles. The number of benzene rings is 4. The third-order valence-corrected chi connectivity index (χ3v) is 10.8. The molecule has 0 spiro atoms. The number of halogens is 1. The molecule has 4 aromatic rings. The maximum atomic E-state index is 14.7. The lowest BCUT2D eigenvalue weighted by Gasteiger charge is -2.34. The Morgan fingerprint density at radius 3 is 2.10 bits per heavy atom. The number of rotatable bonds is 13. The standard InChI is InChI=1S/C38H42ClN3O5S/c1-27-13-17-30(18-14-27)25-41(35(23-29-9-5-4-6-10-29)38(44)40-31-11-7-8-12-31)37(43)26-42(32-19-22-36(47-3)34(39)24-32)48(45,46)33-20-15-28(2)16-21-33/h4-6,9-10,13-22,24,31,35H,7-8,11-12,23,25-26H2,1-3H3,(H,40,44)/t35-/m1/s1. The molecular formula is C38H42ClN3O5S. The third-order valence-electron chi connectivity index (χ3n) is 8.76. The van der Waals surface area contributed by atoms with E-state index in [4.69, 9.17) is 16.3 Å². The van der Waals surface area contributed by atoms with Crippen molar-refractivity contribution in [1.29, 1.82) is 0 Å². The Kier molecular flexibility index (Phi) is 11.4. The van der Waals surface area contributed by atoms with Gasteiger partial charge in [0.25, 0.3) is 10.0 Å². The second kappa shape index (κ2) is 15.7. The first-order valence-corrected chi connectivity index (χ1v) is 18.0. The van der Waals surface area contributed by atoms with Crippen LogP contribution in [0.1, 0.15) is 47.9 Å². The predicted molar refractivity (Wildman–Crippen MR) is 190 cm³/mol. The Bertz CT molecular complexity index is 1810. The van der Waals surface area contributed by atoms with Crippen LogP contribution in [0.2, 0.25) is 5.02 Å². The van der Waals surface area contributed by atoms with Crippen LogP contribution < -0.4 is 14.4 Å². The lowest BCUT2D eigenvalue weighted by Crippen LogP contribution is -2.54. The number of ether oxygens (including phenoxy) is 1. The number of aryl methyl sites for hydroxylation is 2. The minimum atomic E-state index is -4.25. The van der Waals surface area contributed by atoms with Gasteiger partial charge >= 0.3 is 0 Å². The van der Waals surface area contributed by atoms with E-state index in [-0.39, 0.29) is 40.5 Å². The third kappa shape index (κ3) is 8.57. The van der Waals surface area contributed by atoms with E-state index in [1.165, 1.54) is 30.2 Å². The minimum Gasteiger partial charge on any atom is -0.495 e. The minimum absolute atomic E-state index is 0.0257. The molecule has 0 saturated heterocycles. The number of methoxy groups -OCH3 is 1. The molecule has 0 aromatic heterocycles. The van der Waals surface area contributed by atoms with Crippen LogP contribution >= 0.6 is 11.6 Å². The van der Waals surface area contributed by atoms with E-state index in [9.17, 15) is 18.0 Å². The molecule has 48 heavy (non-hydrogen) atoms. The molecule has 0 unspecified atom stereocenters. The molecule has 10 heteroatoms. The van der Waals surface area contributed by atoms with Gasteiger partial charge in [0.05, 0.1) is 22.7 Å². The van der Waals surface area contributed by atoms with Crippen LogP contribution in [-0.2, 0) is 32.6 Å². The predicted octanol–water partition coefficient (Wildman–Crippen LogP) is 6.86. The van der Waals surface area contributed by atoms with Crippen molar-refractivity contribution in [3.63, 3.8) is 0 Å². The zero-order valence-electron chi connectivity index (χ0n) is 27.6. The zero-order valence-corrected chi connectivity index (χ0v) is 29.1. The highest BCUT2D eigenvalue weighted by Crippen LogP contribution is 2.32. The van der Waals surface area contributed by atoms with E-state index in [1.807, 2.05) is 68.4 Å². The number of nitrogens with one attached hydrogen (secondary N) is 1. The summed E-state index contributed by atoms with van der Waals surface area (Å²) in [6.45, 7) is 3.39. The van der Waals surface area contributed by atoms with Gasteiger partial charge in [-0.3, -0.25) is 13.9 Å². The highest BCUT2D eigenvalue weighted by molar-refractivity contribution is 7.92. The Morgan fingerprint density at radius 2 is 1.50 bits per heavy atom. The summed E-state index contributed by atoms with van der Waals surface area (Å²) in [5.74, 6) is -0.417. The topological polar surface area (TPSA) is 96.0 Å². The number of carbonyl (C=O) groups is 2. The average molecular weight is 688 g/mol. The molecule has 1 N–H and O–H groups in total. The highest BCUT2D eigenvalue weighted by Gasteiger charge is 2.35. The van der Waals surface area contributed by atoms with E-state index in [2.05, 4.69) is 5.32 Å². The van der Waals surface area contributed by atoms with Crippen LogP contribution in [0.25, 0.3) is 0 Å². The number of sulfonamides is 1. The Labute approximate surface area is 288 Å². The van der Waals surface area contributed by atoms with Crippen LogP contribution in [0.3, 0.4) is 0 Å². The number of anilines is 1. The Balaban J connectivity index is 1.58. The number of nitrogens with zero attached hydrogens (tertiary/aromatic N) is 2. The largest absolute Gasteiger partial charge is 0.495 e. The van der Waals surface area contributed by atoms with Crippen LogP contribution in [0.5, 0.6) is 5.75 Å². The lowest BCUT2D eigenvalue weighted by atomic mass is 10.0. The molecule has 0 bridgehead atoms. The van der Waals surface area contributed by atoms with Crippen LogP contribution in [0.15, 0.2) is 102 Å². The molecular weight excluding hydrogens is 646 g/mol. The first-order chi connectivity index (χ1) is 23.0. The van der Waals surface area contributed by atoms with E-state index < -0.39 is 28.5 Å². The van der Waals surface area contributed by atoms with Crippen molar-refractivity contribution in [3.05, 3.63) is 124 Å². The second-order valence-electron chi connectivity index (χ2n) is 12.3. The molecule has 2 amide bonds. The quantitative estimate of drug-likeness (QED) is 0.166. The average Bonchev–Trinajstić information content (AvgIpc) is 3.59. The fraction of sp³-hybridized carbons (Fsp3) is 0.316. The van der Waals surface area contributed by atoms with Crippen molar-refractivity contribution >= 4 is 39.1 Å². The van der Waals surface area contributed by atoms with Gasteiger partial charge in [-0.15, -0.1) is 0 Å². The van der Waals surface area contributed by atoms with Gasteiger partial charge in [0, 0.05) is 19.0 Å². The summed E-state index contributed by atoms with van der Waals surface area (Å²) in [7, 11) is -2.78. The Morgan fingerprint density at radius 1 is 0.875 bits per heavy atom. The summed E-state index contributed by atoms with van der Waals surface area (Å²) >= 11 is 6.48. The summed E-state index contributed by atoms with van der Waals surface area (Å²) in [4.78, 5) is 30.4. The van der Waals surface area contributed by atoms with Crippen LogP contribution in [0, 0.1) is 13.8 Å². The van der Waals surface area contributed by atoms with E-state index in [0.29, 0.717) is 5.75 Å². The normalized spacial score (nSPS) is 13.9. The fourth-order valence-corrected chi connectivity index (χ4v) is 7.65. The number of amides is 2. The van der Waals surface area contributed by atoms with Crippen molar-refractivity contribution in [1.82, 2.24) is 10.2 Å². The van der Waals surface area contributed by atoms with Gasteiger partial charge in [-0.05, 0) is 68.1 Å². The molecule has 1 aliphatic rings. The molecule has 8 nitrogen and oxygen atoms in total. The summed E-state index contributed by atoms with van der Waals surface area (Å²) in [5, 5.41) is 3.40. The second-order valence-corrected chi connectivity index (χ2v) is 14.6. The van der Waals surface area contributed by atoms with Crippen LogP contribution in [-0.4, -0.2) is 50.9 Å². The summed E-state index contributed by atoms with van der Waals surface area (Å²) in [5.41, 5.74) is 3.85. The molecule has 1 fully saturated rings. The smallest absolute Gasteiger partial charge is 0.264 e. The monoisotopic (exact) mass is 687 g/mol. The van der Waals surface area contributed by atoms with E-state index in [1.54, 1.807) is 24.3 Å². The number of hydrogen-bond donors (Lipinski definition) is 1. The molecule has 0 heterocycles. The van der Waals surface area contributed by atoms with Crippen molar-refractivity contribution < 1.29 is 22.7 Å². The lowest BCUT2D eigenvalue weighted by molar-refractivity contribution is -0.140. The highest BCUT2D eigenvalue weighted by atomic mass is 35.5. The van der Waals surface area contributed by atoms with E-state index >= 15 is 0 Å². The first-order valence-electron chi connectivity index (χ1n) is 16.2. The number of carbonyl (C=O) groups excluding carboxylic acids is 2. The number of hydrogen-bond acceptors (Lipinski definition) is 5. The maximum absolute atomic E-state index is 14.7. The van der Waals surface area contributed by atoms with Gasteiger partial charge in [0.1, 0.15) is 18.3 Å². The van der Waals surface area contributed by atoms with Crippen LogP contribution in [0.4, 0.5) is 5.69 Å².